The average Bonchev–Trinajstić information content (AvgIpc) is 2.70. The molecule has 1 aliphatic carbocycles. The summed E-state index contributed by atoms with van der Waals surface area (Å²) in [7, 11) is 0. The van der Waals surface area contributed by atoms with E-state index in [4.69, 9.17) is 4.74 Å². The van der Waals surface area contributed by atoms with Crippen LogP contribution in [0.5, 0.6) is 5.75 Å². The summed E-state index contributed by atoms with van der Waals surface area (Å²) in [5, 5.41) is 0. The van der Waals surface area contributed by atoms with E-state index >= 15 is 0 Å². The third-order valence-electron chi connectivity index (χ3n) is 5.32. The molecule has 23 heavy (non-hydrogen) atoms. The quantitative estimate of drug-likeness (QED) is 0.838. The molecule has 126 valence electrons. The molecule has 1 aromatic rings. The second-order valence-corrected chi connectivity index (χ2v) is 8.49. The maximum Gasteiger partial charge on any atom is 0.227 e. The molecule has 1 saturated carbocycles. The third-order valence-corrected chi connectivity index (χ3v) is 5.32. The van der Waals surface area contributed by atoms with Crippen LogP contribution in [0.4, 0.5) is 0 Å². The van der Waals surface area contributed by atoms with Crippen molar-refractivity contribution < 1.29 is 9.53 Å². The minimum atomic E-state index is 0.278. The van der Waals surface area contributed by atoms with E-state index in [2.05, 4.69) is 25.7 Å². The van der Waals surface area contributed by atoms with E-state index < -0.39 is 0 Å². The lowest BCUT2D eigenvalue weighted by molar-refractivity contribution is -0.131. The molecule has 2 fully saturated rings. The number of fused-ring (bicyclic) bond motifs is 2. The van der Waals surface area contributed by atoms with Gasteiger partial charge in [-0.1, -0.05) is 32.9 Å². The van der Waals surface area contributed by atoms with E-state index in [0.717, 1.165) is 24.3 Å². The monoisotopic (exact) mass is 315 g/mol. The van der Waals surface area contributed by atoms with Crippen LogP contribution in [-0.2, 0) is 11.2 Å². The molecular formula is C20H29NO2. The lowest BCUT2D eigenvalue weighted by atomic mass is 9.65. The van der Waals surface area contributed by atoms with Gasteiger partial charge in [-0.15, -0.1) is 0 Å². The summed E-state index contributed by atoms with van der Waals surface area (Å²) in [4.78, 5) is 15.0. The Balaban J connectivity index is 1.67. The summed E-state index contributed by atoms with van der Waals surface area (Å²) in [5.74, 6) is 1.15. The van der Waals surface area contributed by atoms with Crippen LogP contribution in [0.1, 0.15) is 52.5 Å². The fourth-order valence-corrected chi connectivity index (χ4v) is 4.90. The first kappa shape index (κ1) is 16.4. The Labute approximate surface area is 140 Å². The first-order valence-corrected chi connectivity index (χ1v) is 8.81. The van der Waals surface area contributed by atoms with E-state index in [-0.39, 0.29) is 5.91 Å². The van der Waals surface area contributed by atoms with Crippen LogP contribution in [0.2, 0.25) is 0 Å². The second-order valence-electron chi connectivity index (χ2n) is 8.49. The van der Waals surface area contributed by atoms with Gasteiger partial charge in [0.1, 0.15) is 5.75 Å². The molecule has 0 spiro atoms. The Morgan fingerprint density at radius 1 is 1.22 bits per heavy atom. The Hall–Kier alpha value is -1.51. The van der Waals surface area contributed by atoms with Crippen molar-refractivity contribution in [3.05, 3.63) is 29.8 Å². The van der Waals surface area contributed by atoms with Crippen LogP contribution in [-0.4, -0.2) is 30.0 Å². The number of benzene rings is 1. The summed E-state index contributed by atoms with van der Waals surface area (Å²) >= 11 is 0. The van der Waals surface area contributed by atoms with Crippen molar-refractivity contribution >= 4 is 5.91 Å². The van der Waals surface area contributed by atoms with Crippen LogP contribution in [0.3, 0.4) is 0 Å². The minimum absolute atomic E-state index is 0.278. The zero-order valence-electron chi connectivity index (χ0n) is 14.9. The molecule has 0 N–H and O–H groups in total. The van der Waals surface area contributed by atoms with Crippen molar-refractivity contribution in [2.75, 3.05) is 13.2 Å². The van der Waals surface area contributed by atoms with E-state index in [9.17, 15) is 4.79 Å². The van der Waals surface area contributed by atoms with E-state index in [1.165, 1.54) is 12.8 Å². The summed E-state index contributed by atoms with van der Waals surface area (Å²) in [6, 6.07) is 8.37. The second kappa shape index (κ2) is 5.85. The van der Waals surface area contributed by atoms with Crippen LogP contribution in [0.15, 0.2) is 24.3 Å². The zero-order chi connectivity index (χ0) is 16.7. The summed E-state index contributed by atoms with van der Waals surface area (Å²) < 4.78 is 5.46. The number of amides is 1. The molecule has 1 aliphatic heterocycles. The molecule has 2 aliphatic rings. The fourth-order valence-electron chi connectivity index (χ4n) is 4.90. The maximum absolute atomic E-state index is 12.8. The first-order chi connectivity index (χ1) is 10.8. The van der Waals surface area contributed by atoms with Crippen LogP contribution in [0.25, 0.3) is 0 Å². The lowest BCUT2D eigenvalue weighted by Gasteiger charge is -2.39. The molecule has 1 saturated heterocycles. The smallest absolute Gasteiger partial charge is 0.227 e. The molecule has 1 heterocycles. The number of carbonyl (C=O) groups is 1. The molecule has 0 aromatic heterocycles. The van der Waals surface area contributed by atoms with Gasteiger partial charge in [-0.25, -0.2) is 0 Å². The minimum Gasteiger partial charge on any atom is -0.494 e. The highest BCUT2D eigenvalue weighted by Gasteiger charge is 2.50. The van der Waals surface area contributed by atoms with E-state index in [0.29, 0.717) is 29.9 Å². The molecule has 1 amide bonds. The van der Waals surface area contributed by atoms with Gasteiger partial charge in [-0.2, -0.15) is 0 Å². The summed E-state index contributed by atoms with van der Waals surface area (Å²) in [6.45, 7) is 10.6. The molecule has 1 aromatic carbocycles. The van der Waals surface area contributed by atoms with Gasteiger partial charge in [-0.05, 0) is 54.7 Å². The highest BCUT2D eigenvalue weighted by atomic mass is 16.5. The van der Waals surface area contributed by atoms with Gasteiger partial charge in [0, 0.05) is 12.6 Å². The number of hydrogen-bond acceptors (Lipinski definition) is 2. The summed E-state index contributed by atoms with van der Waals surface area (Å²) in [6.07, 6.45) is 4.03. The van der Waals surface area contributed by atoms with E-state index in [1.807, 2.05) is 31.2 Å². The molecule has 2 atom stereocenters. The van der Waals surface area contributed by atoms with Crippen molar-refractivity contribution in [1.82, 2.24) is 4.90 Å². The topological polar surface area (TPSA) is 29.5 Å². The number of ether oxygens (including phenoxy) is 1. The van der Waals surface area contributed by atoms with Crippen LogP contribution < -0.4 is 4.74 Å². The number of rotatable bonds is 4. The standard InChI is InChI=1S/C20H29NO2/c1-5-23-17-8-6-15(7-9-17)10-18(22)21-14-20(4)12-16(21)11-19(2,3)13-20/h6-9,16H,5,10-14H2,1-4H3. The van der Waals surface area contributed by atoms with Crippen molar-refractivity contribution in [1.29, 1.82) is 0 Å². The van der Waals surface area contributed by atoms with Gasteiger partial charge in [0.2, 0.25) is 5.91 Å². The molecule has 0 radical (unpaired) electrons. The van der Waals surface area contributed by atoms with Gasteiger partial charge < -0.3 is 9.64 Å². The van der Waals surface area contributed by atoms with Gasteiger partial charge >= 0.3 is 0 Å². The highest BCUT2D eigenvalue weighted by Crippen LogP contribution is 2.52. The largest absolute Gasteiger partial charge is 0.494 e. The van der Waals surface area contributed by atoms with Crippen molar-refractivity contribution in [3.8, 4) is 5.75 Å². The SMILES string of the molecule is CCOc1ccc(CC(=O)N2CC3(C)CC2CC(C)(C)C3)cc1. The van der Waals surface area contributed by atoms with Crippen molar-refractivity contribution in [2.24, 2.45) is 10.8 Å². The van der Waals surface area contributed by atoms with Gasteiger partial charge in [-0.3, -0.25) is 4.79 Å². The Kier molecular flexibility index (Phi) is 4.16. The van der Waals surface area contributed by atoms with Crippen LogP contribution >= 0.6 is 0 Å². The number of nitrogens with zero attached hydrogens (tertiary/aromatic N) is 1. The normalized spacial score (nSPS) is 28.7. The first-order valence-electron chi connectivity index (χ1n) is 8.81. The van der Waals surface area contributed by atoms with Gasteiger partial charge in [0.05, 0.1) is 13.0 Å². The van der Waals surface area contributed by atoms with Crippen molar-refractivity contribution in [3.63, 3.8) is 0 Å². The number of likely N-dealkylation sites (tertiary alicyclic amines) is 1. The molecule has 3 heteroatoms. The Morgan fingerprint density at radius 2 is 1.91 bits per heavy atom. The van der Waals surface area contributed by atoms with Crippen molar-refractivity contribution in [2.45, 2.75) is 59.4 Å². The van der Waals surface area contributed by atoms with E-state index in [1.54, 1.807) is 0 Å². The molecule has 3 rings (SSSR count). The predicted molar refractivity (Wildman–Crippen MR) is 92.6 cm³/mol. The van der Waals surface area contributed by atoms with Gasteiger partial charge in [0.25, 0.3) is 0 Å². The molecular weight excluding hydrogens is 286 g/mol. The molecule has 2 unspecified atom stereocenters. The lowest BCUT2D eigenvalue weighted by Crippen LogP contribution is -2.38. The molecule has 3 nitrogen and oxygen atoms in total. The van der Waals surface area contributed by atoms with Crippen LogP contribution in [0, 0.1) is 10.8 Å². The Morgan fingerprint density at radius 3 is 2.57 bits per heavy atom. The number of carbonyl (C=O) groups excluding carboxylic acids is 1. The number of hydrogen-bond donors (Lipinski definition) is 0. The average molecular weight is 315 g/mol. The molecule has 2 bridgehead atoms. The van der Waals surface area contributed by atoms with Gasteiger partial charge in [0.15, 0.2) is 0 Å². The Bertz CT molecular complexity index is 578. The third kappa shape index (κ3) is 3.54. The predicted octanol–water partition coefficient (Wildman–Crippen LogP) is 4.06. The highest BCUT2D eigenvalue weighted by molar-refractivity contribution is 5.79. The maximum atomic E-state index is 12.8. The zero-order valence-corrected chi connectivity index (χ0v) is 14.9. The fraction of sp³-hybridized carbons (Fsp3) is 0.650. The summed E-state index contributed by atoms with van der Waals surface area (Å²) in [5.41, 5.74) is 1.73.